The van der Waals surface area contributed by atoms with E-state index in [2.05, 4.69) is 0 Å². The molecule has 5 heteroatoms. The molecule has 2 aliphatic heterocycles. The molecule has 3 aromatic carbocycles. The summed E-state index contributed by atoms with van der Waals surface area (Å²) in [7, 11) is 0. The molecule has 0 radical (unpaired) electrons. The van der Waals surface area contributed by atoms with Crippen molar-refractivity contribution in [3.63, 3.8) is 0 Å². The van der Waals surface area contributed by atoms with Gasteiger partial charge in [0.15, 0.2) is 5.54 Å². The molecule has 1 unspecified atom stereocenters. The van der Waals surface area contributed by atoms with E-state index >= 15 is 0 Å². The third kappa shape index (κ3) is 2.59. The number of rotatable bonds is 3. The van der Waals surface area contributed by atoms with Gasteiger partial charge in [-0.15, -0.1) is 0 Å². The molecular formula is C25H18N2O3. The number of para-hydroxylation sites is 2. The molecule has 1 atom stereocenters. The molecule has 1 amide bonds. The van der Waals surface area contributed by atoms with Crippen LogP contribution < -0.4 is 4.90 Å². The Morgan fingerprint density at radius 2 is 1.37 bits per heavy atom. The van der Waals surface area contributed by atoms with Crippen molar-refractivity contribution in [1.29, 1.82) is 0 Å². The molecule has 0 saturated carbocycles. The molecule has 3 aromatic rings. The molecule has 5 rings (SSSR count). The topological polar surface area (TPSA) is 59.0 Å². The predicted octanol–water partition coefficient (Wildman–Crippen LogP) is 4.53. The van der Waals surface area contributed by atoms with Crippen molar-refractivity contribution in [2.45, 2.75) is 12.5 Å². The van der Waals surface area contributed by atoms with E-state index in [4.69, 9.17) is 9.73 Å². The van der Waals surface area contributed by atoms with E-state index < -0.39 is 17.2 Å². The number of ether oxygens (including phenoxy) is 1. The molecule has 2 aliphatic rings. The fourth-order valence-corrected chi connectivity index (χ4v) is 4.02. The first-order valence-corrected chi connectivity index (χ1v) is 9.67. The van der Waals surface area contributed by atoms with Gasteiger partial charge in [-0.1, -0.05) is 66.7 Å². The number of anilines is 1. The third-order valence-electron chi connectivity index (χ3n) is 5.44. The van der Waals surface area contributed by atoms with Crippen molar-refractivity contribution in [3.8, 4) is 0 Å². The molecule has 0 N–H and O–H groups in total. The van der Waals surface area contributed by atoms with Gasteiger partial charge in [-0.2, -0.15) is 0 Å². The molecule has 146 valence electrons. The fourth-order valence-electron chi connectivity index (χ4n) is 4.02. The van der Waals surface area contributed by atoms with Crippen LogP contribution in [0.15, 0.2) is 102 Å². The summed E-state index contributed by atoms with van der Waals surface area (Å²) in [6.45, 7) is 1.82. The third-order valence-corrected chi connectivity index (χ3v) is 5.44. The van der Waals surface area contributed by atoms with Crippen LogP contribution >= 0.6 is 0 Å². The van der Waals surface area contributed by atoms with Crippen molar-refractivity contribution in [3.05, 3.63) is 102 Å². The maximum absolute atomic E-state index is 13.2. The first-order valence-electron chi connectivity index (χ1n) is 9.67. The van der Waals surface area contributed by atoms with Crippen LogP contribution in [-0.4, -0.2) is 23.1 Å². The van der Waals surface area contributed by atoms with Gasteiger partial charge < -0.3 is 4.74 Å². The number of aliphatic imine (C=N–C) groups is 1. The zero-order valence-corrected chi connectivity index (χ0v) is 16.3. The Hall–Kier alpha value is -3.99. The van der Waals surface area contributed by atoms with E-state index in [1.54, 1.807) is 12.1 Å². The van der Waals surface area contributed by atoms with Gasteiger partial charge in [0.25, 0.3) is 5.78 Å². The van der Waals surface area contributed by atoms with Gasteiger partial charge >= 0.3 is 5.91 Å². The Bertz CT molecular complexity index is 1200. The SMILES string of the molecule is CC12C(=Nc3ccccc3)OC(c3ccccc3)=C1C(=O)C(=O)N2c1ccccc1. The van der Waals surface area contributed by atoms with Crippen molar-refractivity contribution in [2.75, 3.05) is 4.90 Å². The number of nitrogens with zero attached hydrogens (tertiary/aromatic N) is 2. The largest absolute Gasteiger partial charge is 0.439 e. The van der Waals surface area contributed by atoms with Crippen LogP contribution in [0, 0.1) is 0 Å². The highest BCUT2D eigenvalue weighted by atomic mass is 16.5. The highest BCUT2D eigenvalue weighted by molar-refractivity contribution is 6.55. The second-order valence-corrected chi connectivity index (χ2v) is 7.30. The minimum absolute atomic E-state index is 0.297. The summed E-state index contributed by atoms with van der Waals surface area (Å²) in [6.07, 6.45) is 0. The van der Waals surface area contributed by atoms with Crippen molar-refractivity contribution in [2.24, 2.45) is 4.99 Å². The molecule has 0 bridgehead atoms. The summed E-state index contributed by atoms with van der Waals surface area (Å²) >= 11 is 0. The van der Waals surface area contributed by atoms with Gasteiger partial charge in [0.1, 0.15) is 5.76 Å². The lowest BCUT2D eigenvalue weighted by atomic mass is 9.91. The predicted molar refractivity (Wildman–Crippen MR) is 115 cm³/mol. The maximum Gasteiger partial charge on any atom is 0.300 e. The zero-order chi connectivity index (χ0) is 20.7. The van der Waals surface area contributed by atoms with Crippen LogP contribution in [0.4, 0.5) is 11.4 Å². The molecule has 5 nitrogen and oxygen atoms in total. The van der Waals surface area contributed by atoms with Gasteiger partial charge in [-0.05, 0) is 31.2 Å². The number of hydrogen-bond acceptors (Lipinski definition) is 4. The van der Waals surface area contributed by atoms with Crippen LogP contribution in [0.25, 0.3) is 5.76 Å². The maximum atomic E-state index is 13.2. The lowest BCUT2D eigenvalue weighted by Gasteiger charge is -2.31. The molecule has 30 heavy (non-hydrogen) atoms. The number of benzene rings is 3. The van der Waals surface area contributed by atoms with Crippen molar-refractivity contribution in [1.82, 2.24) is 0 Å². The molecule has 0 spiro atoms. The number of fused-ring (bicyclic) bond motifs is 1. The van der Waals surface area contributed by atoms with Gasteiger partial charge in [-0.3, -0.25) is 14.5 Å². The molecular weight excluding hydrogens is 376 g/mol. The Morgan fingerprint density at radius 3 is 2.00 bits per heavy atom. The van der Waals surface area contributed by atoms with Gasteiger partial charge in [-0.25, -0.2) is 4.99 Å². The van der Waals surface area contributed by atoms with Crippen LogP contribution in [0.2, 0.25) is 0 Å². The number of carbonyl (C=O) groups is 2. The van der Waals surface area contributed by atoms with Crippen LogP contribution in [0.3, 0.4) is 0 Å². The lowest BCUT2D eigenvalue weighted by molar-refractivity contribution is -0.132. The van der Waals surface area contributed by atoms with Crippen LogP contribution in [0.1, 0.15) is 12.5 Å². The average molecular weight is 394 g/mol. The van der Waals surface area contributed by atoms with Crippen molar-refractivity contribution >= 4 is 34.7 Å². The fraction of sp³-hybridized carbons (Fsp3) is 0.0800. The summed E-state index contributed by atoms with van der Waals surface area (Å²) in [6, 6.07) is 27.8. The molecule has 1 saturated heterocycles. The minimum Gasteiger partial charge on any atom is -0.439 e. The molecule has 0 aliphatic carbocycles. The number of Topliss-reactive ketones (excluding diaryl/α,β-unsaturated/α-hetero) is 1. The normalized spacial score (nSPS) is 21.9. The Kier molecular flexibility index (Phi) is 4.10. The second-order valence-electron chi connectivity index (χ2n) is 7.30. The van der Waals surface area contributed by atoms with Gasteiger partial charge in [0, 0.05) is 11.3 Å². The second kappa shape index (κ2) is 6.81. The smallest absolute Gasteiger partial charge is 0.300 e. The number of amides is 1. The van der Waals surface area contributed by atoms with E-state index in [-0.39, 0.29) is 0 Å². The Morgan fingerprint density at radius 1 is 0.800 bits per heavy atom. The number of carbonyl (C=O) groups excluding carboxylic acids is 2. The number of hydrogen-bond donors (Lipinski definition) is 0. The lowest BCUT2D eigenvalue weighted by Crippen LogP contribution is -2.49. The van der Waals surface area contributed by atoms with Crippen molar-refractivity contribution < 1.29 is 14.3 Å². The van der Waals surface area contributed by atoms with E-state index in [1.807, 2.05) is 85.8 Å². The standard InChI is InChI=1S/C25H18N2O3/c1-25-20(21(28)23(29)27(25)19-15-9-4-10-16-19)22(17-11-5-2-6-12-17)30-24(25)26-18-13-7-3-8-14-18/h2-16H,1H3. The Labute approximate surface area is 173 Å². The first kappa shape index (κ1) is 18.1. The Balaban J connectivity index is 1.76. The monoisotopic (exact) mass is 394 g/mol. The molecule has 0 aromatic heterocycles. The van der Waals surface area contributed by atoms with E-state index in [1.165, 1.54) is 4.90 Å². The summed E-state index contributed by atoms with van der Waals surface area (Å²) in [4.78, 5) is 32.5. The summed E-state index contributed by atoms with van der Waals surface area (Å²) < 4.78 is 6.21. The quantitative estimate of drug-likeness (QED) is 0.613. The highest BCUT2D eigenvalue weighted by Gasteiger charge is 2.62. The van der Waals surface area contributed by atoms with Crippen LogP contribution in [-0.2, 0) is 14.3 Å². The summed E-state index contributed by atoms with van der Waals surface area (Å²) in [5.74, 6) is -0.482. The minimum atomic E-state index is -1.14. The molecule has 1 fully saturated rings. The number of ketones is 1. The summed E-state index contributed by atoms with van der Waals surface area (Å²) in [5, 5.41) is 0. The highest BCUT2D eigenvalue weighted by Crippen LogP contribution is 2.48. The van der Waals surface area contributed by atoms with Crippen LogP contribution in [0.5, 0.6) is 0 Å². The average Bonchev–Trinajstić information content (AvgIpc) is 3.18. The van der Waals surface area contributed by atoms with Gasteiger partial charge in [0.05, 0.1) is 11.3 Å². The zero-order valence-electron chi connectivity index (χ0n) is 16.3. The van der Waals surface area contributed by atoms with E-state index in [0.717, 1.165) is 5.56 Å². The first-order chi connectivity index (χ1) is 14.6. The summed E-state index contributed by atoms with van der Waals surface area (Å²) in [5.41, 5.74) is 1.20. The van der Waals surface area contributed by atoms with E-state index in [0.29, 0.717) is 28.6 Å². The van der Waals surface area contributed by atoms with E-state index in [9.17, 15) is 9.59 Å². The van der Waals surface area contributed by atoms with Gasteiger partial charge in [0.2, 0.25) is 5.90 Å². The molecule has 2 heterocycles.